The lowest BCUT2D eigenvalue weighted by atomic mass is 10.1. The maximum absolute atomic E-state index is 12.9. The van der Waals surface area contributed by atoms with Crippen molar-refractivity contribution in [1.29, 1.82) is 0 Å². The van der Waals surface area contributed by atoms with E-state index < -0.39 is 29.8 Å². The van der Waals surface area contributed by atoms with Gasteiger partial charge in [0.25, 0.3) is 0 Å². The van der Waals surface area contributed by atoms with Crippen LogP contribution in [0.15, 0.2) is 28.8 Å². The highest BCUT2D eigenvalue weighted by Crippen LogP contribution is 2.33. The lowest BCUT2D eigenvalue weighted by molar-refractivity contribution is -0.275. The quantitative estimate of drug-likeness (QED) is 0.668. The van der Waals surface area contributed by atoms with Crippen LogP contribution in [0.2, 0.25) is 0 Å². The van der Waals surface area contributed by atoms with Crippen molar-refractivity contribution < 1.29 is 32.0 Å². The summed E-state index contributed by atoms with van der Waals surface area (Å²) in [6, 6.07) is 4.01. The van der Waals surface area contributed by atoms with E-state index in [9.17, 15) is 18.0 Å². The molecule has 172 valence electrons. The van der Waals surface area contributed by atoms with Crippen LogP contribution < -0.4 is 10.1 Å². The maximum atomic E-state index is 12.9. The minimum Gasteiger partial charge on any atom is -0.444 e. The number of carbonyl (C=O) groups is 1. The Hall–Kier alpha value is -2.82. The van der Waals surface area contributed by atoms with Gasteiger partial charge in [0.2, 0.25) is 5.89 Å². The highest BCUT2D eigenvalue weighted by atomic mass is 19.4. The zero-order valence-electron chi connectivity index (χ0n) is 18.3. The monoisotopic (exact) mass is 444 g/mol. The van der Waals surface area contributed by atoms with E-state index >= 15 is 0 Å². The molecule has 0 aliphatic carbocycles. The van der Waals surface area contributed by atoms with Gasteiger partial charge < -0.3 is 19.3 Å². The first-order valence-corrected chi connectivity index (χ1v) is 9.65. The summed E-state index contributed by atoms with van der Waals surface area (Å²) in [5.74, 6) is -0.255. The van der Waals surface area contributed by atoms with Crippen LogP contribution in [0, 0.1) is 0 Å². The number of halogens is 3. The Balaban J connectivity index is 2.49. The molecule has 0 radical (unpaired) electrons. The molecule has 2 rings (SSSR count). The number of para-hydroxylation sites is 1. The van der Waals surface area contributed by atoms with Gasteiger partial charge in [0.15, 0.2) is 5.82 Å². The van der Waals surface area contributed by atoms with Crippen LogP contribution in [-0.2, 0) is 4.74 Å². The van der Waals surface area contributed by atoms with E-state index in [4.69, 9.17) is 9.26 Å². The molecule has 1 aromatic carbocycles. The number of amides is 1. The zero-order chi connectivity index (χ0) is 23.4. The van der Waals surface area contributed by atoms with Crippen molar-refractivity contribution >= 4 is 6.09 Å². The van der Waals surface area contributed by atoms with Gasteiger partial charge in [0.05, 0.1) is 6.04 Å². The van der Waals surface area contributed by atoms with Crippen molar-refractivity contribution in [1.82, 2.24) is 20.4 Å². The third-order valence-corrected chi connectivity index (χ3v) is 4.13. The van der Waals surface area contributed by atoms with Crippen molar-refractivity contribution in [2.75, 3.05) is 14.1 Å². The minimum absolute atomic E-state index is 0.00376. The van der Waals surface area contributed by atoms with E-state index in [2.05, 4.69) is 20.2 Å². The van der Waals surface area contributed by atoms with Gasteiger partial charge in [-0.3, -0.25) is 4.90 Å². The van der Waals surface area contributed by atoms with Crippen LogP contribution in [0.5, 0.6) is 5.75 Å². The molecule has 0 bridgehead atoms. The molecule has 2 aromatic rings. The van der Waals surface area contributed by atoms with Gasteiger partial charge in [0, 0.05) is 5.56 Å². The topological polar surface area (TPSA) is 89.7 Å². The smallest absolute Gasteiger partial charge is 0.444 e. The van der Waals surface area contributed by atoms with E-state index in [1.807, 2.05) is 25.9 Å². The summed E-state index contributed by atoms with van der Waals surface area (Å²) in [5.41, 5.74) is -0.826. The Morgan fingerprint density at radius 2 is 1.87 bits per heavy atom. The molecule has 1 aromatic heterocycles. The molecule has 0 aliphatic heterocycles. The Bertz CT molecular complexity index is 878. The molecule has 11 heteroatoms. The Morgan fingerprint density at radius 3 is 2.42 bits per heavy atom. The van der Waals surface area contributed by atoms with Gasteiger partial charge >= 0.3 is 12.5 Å². The van der Waals surface area contributed by atoms with Crippen LogP contribution in [0.3, 0.4) is 0 Å². The van der Waals surface area contributed by atoms with Crippen molar-refractivity contribution in [2.45, 2.75) is 58.2 Å². The molecule has 1 N–H and O–H groups in total. The summed E-state index contributed by atoms with van der Waals surface area (Å²) < 4.78 is 53.5. The fraction of sp³-hybridized carbons (Fsp3) is 0.550. The van der Waals surface area contributed by atoms with E-state index in [1.54, 1.807) is 20.8 Å². The molecule has 1 heterocycles. The number of hydrogen-bond donors (Lipinski definition) is 1. The molecule has 1 amide bonds. The molecular weight excluding hydrogens is 417 g/mol. The molecule has 0 spiro atoms. The Labute approximate surface area is 178 Å². The van der Waals surface area contributed by atoms with Crippen LogP contribution in [0.4, 0.5) is 18.0 Å². The second-order valence-corrected chi connectivity index (χ2v) is 8.04. The van der Waals surface area contributed by atoms with Crippen molar-refractivity contribution in [3.05, 3.63) is 41.5 Å². The van der Waals surface area contributed by atoms with E-state index in [1.165, 1.54) is 18.2 Å². The highest BCUT2D eigenvalue weighted by Gasteiger charge is 2.35. The summed E-state index contributed by atoms with van der Waals surface area (Å²) >= 11 is 0. The number of nitrogens with one attached hydrogen (secondary N) is 1. The second kappa shape index (κ2) is 9.54. The SMILES string of the molecule is CC[C@H](c1nc([C@H](NC(=O)OC(C)(C)C)c2ccccc2OC(F)(F)F)no1)N(C)C. The zero-order valence-corrected chi connectivity index (χ0v) is 18.3. The van der Waals surface area contributed by atoms with Gasteiger partial charge in [-0.05, 0) is 47.4 Å². The molecule has 2 atom stereocenters. The fourth-order valence-electron chi connectivity index (χ4n) is 2.90. The maximum Gasteiger partial charge on any atom is 0.573 e. The van der Waals surface area contributed by atoms with Gasteiger partial charge in [-0.1, -0.05) is 30.3 Å². The van der Waals surface area contributed by atoms with Gasteiger partial charge in [-0.25, -0.2) is 4.79 Å². The van der Waals surface area contributed by atoms with Crippen molar-refractivity contribution in [3.8, 4) is 5.75 Å². The third-order valence-electron chi connectivity index (χ3n) is 4.13. The predicted molar refractivity (Wildman–Crippen MR) is 105 cm³/mol. The number of alkyl carbamates (subject to hydrolysis) is 1. The number of aromatic nitrogens is 2. The number of rotatable bonds is 7. The van der Waals surface area contributed by atoms with Gasteiger partial charge in [-0.2, -0.15) is 4.98 Å². The largest absolute Gasteiger partial charge is 0.573 e. The minimum atomic E-state index is -4.92. The average Bonchev–Trinajstić information content (AvgIpc) is 3.07. The number of ether oxygens (including phenoxy) is 2. The van der Waals surface area contributed by atoms with Crippen LogP contribution in [0.25, 0.3) is 0 Å². The Kier molecular flexibility index (Phi) is 7.53. The molecule has 0 aliphatic rings. The normalized spacial score (nSPS) is 14.3. The van der Waals surface area contributed by atoms with E-state index in [0.717, 1.165) is 6.07 Å². The summed E-state index contributed by atoms with van der Waals surface area (Å²) in [4.78, 5) is 18.6. The number of hydrogen-bond acceptors (Lipinski definition) is 7. The van der Waals surface area contributed by atoms with Gasteiger partial charge in [-0.15, -0.1) is 13.2 Å². The third kappa shape index (κ3) is 7.12. The first-order valence-electron chi connectivity index (χ1n) is 9.65. The molecule has 0 fully saturated rings. The Morgan fingerprint density at radius 1 is 1.23 bits per heavy atom. The predicted octanol–water partition coefficient (Wildman–Crippen LogP) is 4.60. The number of nitrogens with zero attached hydrogens (tertiary/aromatic N) is 3. The van der Waals surface area contributed by atoms with Gasteiger partial charge in [0.1, 0.15) is 17.4 Å². The first kappa shape index (κ1) is 24.4. The number of alkyl halides is 3. The summed E-state index contributed by atoms with van der Waals surface area (Å²) in [5, 5.41) is 6.44. The molecule has 31 heavy (non-hydrogen) atoms. The average molecular weight is 444 g/mol. The van der Waals surface area contributed by atoms with Crippen LogP contribution >= 0.6 is 0 Å². The van der Waals surface area contributed by atoms with Crippen molar-refractivity contribution in [3.63, 3.8) is 0 Å². The molecule has 8 nitrogen and oxygen atoms in total. The molecule has 0 saturated carbocycles. The second-order valence-electron chi connectivity index (χ2n) is 8.04. The van der Waals surface area contributed by atoms with Crippen LogP contribution in [0.1, 0.15) is 63.5 Å². The summed E-state index contributed by atoms with van der Waals surface area (Å²) in [6.07, 6.45) is -5.12. The highest BCUT2D eigenvalue weighted by molar-refractivity contribution is 5.69. The van der Waals surface area contributed by atoms with Crippen LogP contribution in [-0.4, -0.2) is 47.2 Å². The summed E-state index contributed by atoms with van der Waals surface area (Å²) in [6.45, 7) is 6.92. The van der Waals surface area contributed by atoms with E-state index in [-0.39, 0.29) is 23.3 Å². The lowest BCUT2D eigenvalue weighted by Crippen LogP contribution is -2.36. The number of carbonyl (C=O) groups excluding carboxylic acids is 1. The standard InChI is InChI=1S/C20H27F3N4O4/c1-7-13(27(5)6)17-25-16(26-31-17)15(24-18(28)30-19(2,3)4)12-10-8-9-11-14(12)29-20(21,22)23/h8-11,13,15H,7H2,1-6H3,(H,24,28)/t13-,15-/m1/s1. The van der Waals surface area contributed by atoms with E-state index in [0.29, 0.717) is 6.42 Å². The van der Waals surface area contributed by atoms with Crippen molar-refractivity contribution in [2.24, 2.45) is 0 Å². The summed E-state index contributed by atoms with van der Waals surface area (Å²) in [7, 11) is 3.67. The molecular formula is C20H27F3N4O4. The lowest BCUT2D eigenvalue weighted by Gasteiger charge is -2.24. The molecule has 0 saturated heterocycles. The number of benzene rings is 1. The molecule has 0 unspecified atom stereocenters. The first-order chi connectivity index (χ1) is 14.3. The fourth-order valence-corrected chi connectivity index (χ4v) is 2.90.